The first kappa shape index (κ1) is 86.6. The molecule has 0 N–H and O–H groups in total. The third-order valence-corrected chi connectivity index (χ3v) is 30.1. The second-order valence-corrected chi connectivity index (χ2v) is 38.8. The second kappa shape index (κ2) is 36.1. The molecule has 0 radical (unpaired) electrons. The molecule has 0 atom stereocenters. The first-order chi connectivity index (χ1) is 74.3. The molecule has 702 valence electrons. The highest BCUT2D eigenvalue weighted by molar-refractivity contribution is 6.22. The van der Waals surface area contributed by atoms with Crippen LogP contribution in [0.4, 0.5) is 0 Å². The zero-order valence-corrected chi connectivity index (χ0v) is 81.4. The predicted molar refractivity (Wildman–Crippen MR) is 628 cm³/mol. The van der Waals surface area contributed by atoms with E-state index in [9.17, 15) is 0 Å². The molecule has 0 aliphatic carbocycles. The van der Waals surface area contributed by atoms with Gasteiger partial charge in [0.2, 0.25) is 0 Å². The van der Waals surface area contributed by atoms with Crippen molar-refractivity contribution in [3.8, 4) is 101 Å². The number of nitrogens with zero attached hydrogens (tertiary/aromatic N) is 4. The van der Waals surface area contributed by atoms with Crippen molar-refractivity contribution in [2.45, 2.75) is 0 Å². The predicted octanol–water partition coefficient (Wildman–Crippen LogP) is 39.6. The molecule has 0 amide bonds. The summed E-state index contributed by atoms with van der Waals surface area (Å²) in [6.07, 6.45) is 0. The molecule has 8 heterocycles. The van der Waals surface area contributed by atoms with Crippen LogP contribution in [-0.4, -0.2) is 18.3 Å². The Labute approximate surface area is 862 Å². The highest BCUT2D eigenvalue weighted by Crippen LogP contribution is 2.48. The lowest BCUT2D eigenvalue weighted by Crippen LogP contribution is -1.96. The van der Waals surface area contributed by atoms with E-state index in [2.05, 4.69) is 516 Å². The van der Waals surface area contributed by atoms with Crippen molar-refractivity contribution in [3.63, 3.8) is 0 Å². The van der Waals surface area contributed by atoms with Crippen LogP contribution in [0.15, 0.2) is 564 Å². The van der Waals surface area contributed by atoms with Crippen molar-refractivity contribution in [2.24, 2.45) is 0 Å². The van der Waals surface area contributed by atoms with E-state index < -0.39 is 0 Å². The average molecular weight is 1920 g/mol. The minimum atomic E-state index is 0.917. The Hall–Kier alpha value is -20.1. The molecule has 32 aromatic rings. The second-order valence-electron chi connectivity index (χ2n) is 38.8. The van der Waals surface area contributed by atoms with E-state index >= 15 is 0 Å². The van der Waals surface area contributed by atoms with Gasteiger partial charge in [0.05, 0.1) is 44.1 Å². The van der Waals surface area contributed by atoms with Crippen LogP contribution < -0.4 is 0 Å². The van der Waals surface area contributed by atoms with Gasteiger partial charge in [0.15, 0.2) is 0 Å². The quantitative estimate of drug-likeness (QED) is 0.129. The third-order valence-electron chi connectivity index (χ3n) is 30.1. The smallest absolute Gasteiger partial charge is 0.136 e. The van der Waals surface area contributed by atoms with Crippen LogP contribution in [0.1, 0.15) is 0 Å². The topological polar surface area (TPSA) is 72.3 Å². The summed E-state index contributed by atoms with van der Waals surface area (Å²) >= 11 is 0. The van der Waals surface area contributed by atoms with Crippen LogP contribution in [0.5, 0.6) is 0 Å². The number of rotatable bonds is 11. The van der Waals surface area contributed by atoms with E-state index in [1.807, 2.05) is 48.5 Å². The standard InChI is InChI=1S/C42H27NO.C36H23NO.C34H21NO.C30H19NO/c1-3-12-28(13-4-1)31-22-32(29-14-5-2-6-15-29)24-33(23-31)30-16-11-17-34(25-30)43-39-20-9-7-18-35(39)37-27-42-38(26-40(37)43)36-19-8-10-21-41(36)44-42;1-3-11-24(12-4-1)26-19-27(25-13-5-2-6-14-25)21-28(20-26)37-33-17-9-7-15-29(33)31-23-36-32(22-34(31)37)30-16-8-10-18-35(30)38-36;1-2-9-22(10-3-1)25-14-8-11-23-19-24(17-18-26(23)25)35-31-15-6-4-12-27(31)29-21-34-30(20-32(29)35)28-13-5-7-16-33(28)36-34;1-2-9-20(10-3-1)21-11-8-12-22(17-21)31-27-15-6-4-13-23(27)25-19-30-26(18-28(25)31)24-14-5-7-16-29(24)32-30/h1-27H;1-23H;1-21H;1-19H. The highest BCUT2D eigenvalue weighted by atomic mass is 16.3. The molecule has 24 aromatic carbocycles. The Bertz CT molecular complexity index is 10800. The van der Waals surface area contributed by atoms with E-state index in [0.717, 1.165) is 111 Å². The maximum Gasteiger partial charge on any atom is 0.136 e. The lowest BCUT2D eigenvalue weighted by molar-refractivity contribution is 0.669. The van der Waals surface area contributed by atoms with Crippen molar-refractivity contribution in [3.05, 3.63) is 546 Å². The molecule has 150 heavy (non-hydrogen) atoms. The summed E-state index contributed by atoms with van der Waals surface area (Å²) in [5.74, 6) is 0. The fraction of sp³-hybridized carbons (Fsp3) is 0. The summed E-state index contributed by atoms with van der Waals surface area (Å²) in [4.78, 5) is 0. The fourth-order valence-electron chi connectivity index (χ4n) is 23.1. The van der Waals surface area contributed by atoms with E-state index in [4.69, 9.17) is 17.7 Å². The van der Waals surface area contributed by atoms with Gasteiger partial charge in [-0.05, 0) is 259 Å². The lowest BCUT2D eigenvalue weighted by Gasteiger charge is -2.14. The SMILES string of the molecule is c1ccc(-c2cc(-c3ccccc3)cc(-c3cccc(-n4c5ccccc5c5cc6oc7ccccc7c6cc54)c3)c2)cc1.c1ccc(-c2cc(-c3ccccc3)cc(-n3c4ccccc4c4cc5oc6ccccc6c5cc43)c2)cc1.c1ccc(-c2cccc(-n3c4ccccc4c4cc5oc6ccccc6c5cc43)c2)cc1.c1ccc(-c2cccc3cc(-n4c5ccccc5c5cc6oc7ccccc7c6cc54)ccc23)cc1. The molecule has 0 spiro atoms. The first-order valence-corrected chi connectivity index (χ1v) is 51.1. The molecule has 0 bridgehead atoms. The van der Waals surface area contributed by atoms with Crippen LogP contribution in [0.25, 0.3) is 286 Å². The molecule has 0 unspecified atom stereocenters. The Balaban J connectivity index is 0.0000000944. The Morgan fingerprint density at radius 3 is 0.680 bits per heavy atom. The normalized spacial score (nSPS) is 11.7. The lowest BCUT2D eigenvalue weighted by atomic mass is 9.93. The fourth-order valence-corrected chi connectivity index (χ4v) is 23.1. The number of fused-ring (bicyclic) bond motifs is 25. The summed E-state index contributed by atoms with van der Waals surface area (Å²) in [6.45, 7) is 0. The molecule has 8 aromatic heterocycles. The van der Waals surface area contributed by atoms with E-state index in [1.165, 1.54) is 176 Å². The first-order valence-electron chi connectivity index (χ1n) is 51.1. The number of furan rings is 4. The van der Waals surface area contributed by atoms with Gasteiger partial charge in [-0.15, -0.1) is 0 Å². The van der Waals surface area contributed by atoms with Crippen molar-refractivity contribution in [1.29, 1.82) is 0 Å². The summed E-state index contributed by atoms with van der Waals surface area (Å²) < 4.78 is 34.5. The number of hydrogen-bond acceptors (Lipinski definition) is 4. The third kappa shape index (κ3) is 15.0. The van der Waals surface area contributed by atoms with Gasteiger partial charge in [0, 0.05) is 109 Å². The molecule has 0 fully saturated rings. The van der Waals surface area contributed by atoms with Gasteiger partial charge in [0.1, 0.15) is 44.7 Å². The molecule has 0 aliphatic rings. The Morgan fingerprint density at radius 1 is 0.107 bits per heavy atom. The van der Waals surface area contributed by atoms with Gasteiger partial charge in [-0.1, -0.05) is 376 Å². The number of benzene rings is 24. The van der Waals surface area contributed by atoms with Crippen LogP contribution >= 0.6 is 0 Å². The minimum Gasteiger partial charge on any atom is -0.456 e. The molecular weight excluding hydrogens is 1830 g/mol. The molecule has 8 heteroatoms. The molecule has 0 saturated carbocycles. The highest BCUT2D eigenvalue weighted by Gasteiger charge is 2.25. The number of aromatic nitrogens is 4. The van der Waals surface area contributed by atoms with E-state index in [1.54, 1.807) is 0 Å². The molecule has 32 rings (SSSR count). The summed E-state index contributed by atoms with van der Waals surface area (Å²) in [5.41, 5.74) is 38.4. The van der Waals surface area contributed by atoms with Crippen LogP contribution in [0, 0.1) is 0 Å². The van der Waals surface area contributed by atoms with Crippen LogP contribution in [-0.2, 0) is 0 Å². The largest absolute Gasteiger partial charge is 0.456 e. The van der Waals surface area contributed by atoms with Gasteiger partial charge in [0.25, 0.3) is 0 Å². The molecular formula is C142H90N4O4. The van der Waals surface area contributed by atoms with Gasteiger partial charge >= 0.3 is 0 Å². The summed E-state index contributed by atoms with van der Waals surface area (Å²) in [6, 6.07) is 194. The van der Waals surface area contributed by atoms with Crippen LogP contribution in [0.2, 0.25) is 0 Å². The summed E-state index contributed by atoms with van der Waals surface area (Å²) in [5, 5.41) is 21.3. The minimum absolute atomic E-state index is 0.917. The Morgan fingerprint density at radius 2 is 0.347 bits per heavy atom. The van der Waals surface area contributed by atoms with Crippen LogP contribution in [0.3, 0.4) is 0 Å². The monoisotopic (exact) mass is 1910 g/mol. The molecule has 0 aliphatic heterocycles. The van der Waals surface area contributed by atoms with Crippen molar-refractivity contribution in [2.75, 3.05) is 0 Å². The maximum atomic E-state index is 6.29. The average Bonchev–Trinajstić information content (AvgIpc) is 1.58. The number of para-hydroxylation sites is 8. The zero-order valence-electron chi connectivity index (χ0n) is 81.4. The van der Waals surface area contributed by atoms with Gasteiger partial charge < -0.3 is 35.9 Å². The Kier molecular flexibility index (Phi) is 20.8. The molecule has 8 nitrogen and oxygen atoms in total. The maximum absolute atomic E-state index is 6.29. The summed E-state index contributed by atoms with van der Waals surface area (Å²) in [7, 11) is 0. The van der Waals surface area contributed by atoms with Gasteiger partial charge in [-0.2, -0.15) is 0 Å². The number of hydrogen-bond donors (Lipinski definition) is 0. The van der Waals surface area contributed by atoms with E-state index in [-0.39, 0.29) is 0 Å². The van der Waals surface area contributed by atoms with Crippen molar-refractivity contribution < 1.29 is 17.7 Å². The van der Waals surface area contributed by atoms with Gasteiger partial charge in [-0.25, -0.2) is 0 Å². The van der Waals surface area contributed by atoms with Gasteiger partial charge in [-0.3, -0.25) is 0 Å². The molecule has 0 saturated heterocycles. The van der Waals surface area contributed by atoms with Crippen molar-refractivity contribution in [1.82, 2.24) is 18.3 Å². The zero-order chi connectivity index (χ0) is 98.8. The van der Waals surface area contributed by atoms with E-state index in [0.29, 0.717) is 0 Å². The van der Waals surface area contributed by atoms with Crippen molar-refractivity contribution >= 4 is 186 Å².